The number of aliphatic hydroxyl groups excluding tert-OH is 2. The Morgan fingerprint density at radius 1 is 0.746 bits per heavy atom. The Labute approximate surface area is 393 Å². The summed E-state index contributed by atoms with van der Waals surface area (Å²) in [6.45, 7) is 20.9. The molecule has 2 heterocycles. The number of rotatable bonds is 12. The number of nitrogens with zero attached hydrogens (tertiary/aromatic N) is 1. The number of likely N-dealkylation sites (N-methyl/N-ethyl adjacent to an activating group) is 1. The van der Waals surface area contributed by atoms with E-state index < -0.39 is 137 Å². The number of nitrogens with one attached hydrogen (secondary N) is 3. The number of esters is 1. The number of amides is 4. The molecule has 2 aliphatic carbocycles. The van der Waals surface area contributed by atoms with Crippen LogP contribution in [0.15, 0.2) is 11.8 Å². The Morgan fingerprint density at radius 2 is 1.24 bits per heavy atom. The van der Waals surface area contributed by atoms with Gasteiger partial charge in [-0.25, -0.2) is 14.4 Å². The minimum absolute atomic E-state index is 0.0463. The lowest BCUT2D eigenvalue weighted by molar-refractivity contribution is -0.311. The van der Waals surface area contributed by atoms with Gasteiger partial charge >= 0.3 is 24.2 Å². The summed E-state index contributed by atoms with van der Waals surface area (Å²) in [5.41, 5.74) is -1.41. The fraction of sp³-hybridized carbons (Fsp3) is 0.844. The summed E-state index contributed by atoms with van der Waals surface area (Å²) in [6, 6.07) is -4.88. The molecule has 2 saturated carbocycles. The lowest BCUT2D eigenvalue weighted by Crippen LogP contribution is -2.71. The minimum atomic E-state index is -1.97. The molecule has 0 aromatic rings. The van der Waals surface area contributed by atoms with Gasteiger partial charge in [0.1, 0.15) is 63.8 Å². The molecular weight excluding hydrogens is 883 g/mol. The first-order valence-electron chi connectivity index (χ1n) is 22.8. The molecule has 67 heavy (non-hydrogen) atoms. The molecule has 0 aromatic carbocycles. The highest BCUT2D eigenvalue weighted by molar-refractivity contribution is 5.86. The number of hydrogen-bond acceptors (Lipinski definition) is 18. The number of nitrogens with two attached hydrogens (primary N) is 1. The van der Waals surface area contributed by atoms with Gasteiger partial charge in [0.15, 0.2) is 6.29 Å². The predicted octanol–water partition coefficient (Wildman–Crippen LogP) is 1.96. The molecule has 4 amide bonds. The van der Waals surface area contributed by atoms with Gasteiger partial charge in [-0.2, -0.15) is 0 Å². The van der Waals surface area contributed by atoms with Crippen molar-refractivity contribution in [3.63, 3.8) is 0 Å². The average Bonchev–Trinajstić information content (AvgIpc) is 3.12. The summed E-state index contributed by atoms with van der Waals surface area (Å²) in [6.07, 6.45) is -11.2. The maximum atomic E-state index is 14.1. The molecule has 1 saturated heterocycles. The highest BCUT2D eigenvalue weighted by atomic mass is 16.7. The summed E-state index contributed by atoms with van der Waals surface area (Å²) >= 11 is 0. The van der Waals surface area contributed by atoms with Crippen molar-refractivity contribution >= 4 is 30.2 Å². The number of ether oxygens (including phenoxy) is 8. The van der Waals surface area contributed by atoms with Crippen molar-refractivity contribution in [1.82, 2.24) is 20.9 Å². The molecule has 2 aliphatic heterocycles. The molecule has 9 N–H and O–H groups in total. The van der Waals surface area contributed by atoms with Crippen molar-refractivity contribution in [2.75, 3.05) is 20.2 Å². The summed E-state index contributed by atoms with van der Waals surface area (Å²) < 4.78 is 46.8. The molecule has 4 rings (SSSR count). The van der Waals surface area contributed by atoms with E-state index in [-0.39, 0.29) is 44.4 Å². The van der Waals surface area contributed by atoms with Crippen LogP contribution in [-0.4, -0.2) is 170 Å². The van der Waals surface area contributed by atoms with Gasteiger partial charge in [-0.05, 0) is 128 Å². The average molecular weight is 960 g/mol. The molecule has 0 aromatic heterocycles. The molecule has 3 fully saturated rings. The standard InChI is InChI=1S/C45H77N5O17/c1-40(2,3)64-28(51)17-23-19-45(59,20-23)36(54)47-26-18-27(49-38(56)66-42(7,8)9)32(62-34-25(16-15-24(21-46)61-34)48-37(55)65-41(4,5)6)29(52)31(26)63-35-30(53)33(44(13,58)22-60-35)50(14)39(57)67-43(10,11)12/h15,23,25-27,29-35,52-53,58-59H,16-22,46H2,1-14H3,(H,47,54)(H,48,55)(H,49,56)/t23?,25-,26-,27+,29-,30-,31+,32-,33-,34-,35-,44+,45?/m1/s1. The van der Waals surface area contributed by atoms with Crippen LogP contribution in [0.25, 0.3) is 0 Å². The normalized spacial score (nSPS) is 33.7. The van der Waals surface area contributed by atoms with E-state index >= 15 is 0 Å². The van der Waals surface area contributed by atoms with Crippen LogP contribution in [-0.2, 0) is 47.5 Å². The Bertz CT molecular complexity index is 1790. The number of alkyl carbamates (subject to hydrolysis) is 2. The highest BCUT2D eigenvalue weighted by Crippen LogP contribution is 2.42. The fourth-order valence-corrected chi connectivity index (χ4v) is 8.41. The van der Waals surface area contributed by atoms with Crippen molar-refractivity contribution in [1.29, 1.82) is 0 Å². The highest BCUT2D eigenvalue weighted by Gasteiger charge is 2.57. The first kappa shape index (κ1) is 55.6. The van der Waals surface area contributed by atoms with Gasteiger partial charge in [-0.3, -0.25) is 9.59 Å². The quantitative estimate of drug-likeness (QED) is 0.102. The largest absolute Gasteiger partial charge is 0.466 e. The third kappa shape index (κ3) is 15.7. The molecule has 0 unspecified atom stereocenters. The molecule has 22 nitrogen and oxygen atoms in total. The Kier molecular flexibility index (Phi) is 17.3. The van der Waals surface area contributed by atoms with E-state index in [9.17, 15) is 44.4 Å². The monoisotopic (exact) mass is 960 g/mol. The number of aliphatic hydroxyl groups is 4. The third-order valence-electron chi connectivity index (χ3n) is 11.1. The Balaban J connectivity index is 1.74. The van der Waals surface area contributed by atoms with Crippen molar-refractivity contribution in [3.05, 3.63) is 11.8 Å². The first-order chi connectivity index (χ1) is 30.5. The maximum absolute atomic E-state index is 14.1. The predicted molar refractivity (Wildman–Crippen MR) is 238 cm³/mol. The van der Waals surface area contributed by atoms with Crippen LogP contribution in [0, 0.1) is 5.92 Å². The zero-order chi connectivity index (χ0) is 50.8. The summed E-state index contributed by atoms with van der Waals surface area (Å²) in [4.78, 5) is 67.5. The number of carbonyl (C=O) groups is 5. The molecule has 4 aliphatic rings. The van der Waals surface area contributed by atoms with Crippen molar-refractivity contribution in [2.24, 2.45) is 11.7 Å². The molecule has 22 heteroatoms. The summed E-state index contributed by atoms with van der Waals surface area (Å²) in [5.74, 6) is -1.49. The second-order valence-corrected chi connectivity index (χ2v) is 22.3. The molecule has 384 valence electrons. The molecule has 0 spiro atoms. The van der Waals surface area contributed by atoms with Gasteiger partial charge in [0, 0.05) is 13.5 Å². The second-order valence-electron chi connectivity index (χ2n) is 22.3. The lowest BCUT2D eigenvalue weighted by atomic mass is 9.68. The van der Waals surface area contributed by atoms with Crippen LogP contribution in [0.3, 0.4) is 0 Å². The van der Waals surface area contributed by atoms with Crippen LogP contribution in [0.1, 0.15) is 122 Å². The van der Waals surface area contributed by atoms with Crippen LogP contribution >= 0.6 is 0 Å². The Morgan fingerprint density at radius 3 is 1.75 bits per heavy atom. The first-order valence-corrected chi connectivity index (χ1v) is 22.8. The maximum Gasteiger partial charge on any atom is 0.410 e. The van der Waals surface area contributed by atoms with Crippen LogP contribution in [0.2, 0.25) is 0 Å². The second kappa shape index (κ2) is 20.9. The van der Waals surface area contributed by atoms with Crippen LogP contribution in [0.4, 0.5) is 14.4 Å². The number of carbonyl (C=O) groups excluding carboxylic acids is 5. The number of hydrogen-bond donors (Lipinski definition) is 8. The minimum Gasteiger partial charge on any atom is -0.466 e. The van der Waals surface area contributed by atoms with Crippen molar-refractivity contribution in [2.45, 2.75) is 217 Å². The zero-order valence-electron chi connectivity index (χ0n) is 41.5. The van der Waals surface area contributed by atoms with E-state index in [1.165, 1.54) is 14.0 Å². The van der Waals surface area contributed by atoms with Gasteiger partial charge in [0.25, 0.3) is 5.91 Å². The van der Waals surface area contributed by atoms with Gasteiger partial charge in [-0.15, -0.1) is 0 Å². The van der Waals surface area contributed by atoms with Crippen LogP contribution < -0.4 is 21.7 Å². The Hall–Kier alpha value is -4.03. The SMILES string of the molecule is CN(C(=O)OC(C)(C)C)[C@@H]1[C@@H](O)[C@@H](O[C@@H]2[C@@H](O)[C@H](O[C@H]3OC(CN)=CC[C@H]3NC(=O)OC(C)(C)C)[C@@H](NC(=O)OC(C)(C)C)C[C@H]2NC(=O)C2(O)CC(CC(=O)OC(C)(C)C)C2)OC[C@]1(C)O. The summed E-state index contributed by atoms with van der Waals surface area (Å²) in [7, 11) is 1.32. The molecule has 11 atom stereocenters. The van der Waals surface area contributed by atoms with Crippen molar-refractivity contribution in [3.8, 4) is 0 Å². The molecular formula is C45H77N5O17. The fourth-order valence-electron chi connectivity index (χ4n) is 8.41. The van der Waals surface area contributed by atoms with Gasteiger partial charge in [-0.1, -0.05) is 0 Å². The van der Waals surface area contributed by atoms with E-state index in [0.29, 0.717) is 0 Å². The lowest BCUT2D eigenvalue weighted by Gasteiger charge is -2.51. The topological polar surface area (TPSA) is 305 Å². The van der Waals surface area contributed by atoms with E-state index in [1.54, 1.807) is 89.2 Å². The van der Waals surface area contributed by atoms with Crippen molar-refractivity contribution < 1.29 is 82.3 Å². The zero-order valence-corrected chi connectivity index (χ0v) is 41.5. The van der Waals surface area contributed by atoms with E-state index in [1.807, 2.05) is 0 Å². The van der Waals surface area contributed by atoms with Gasteiger partial charge < -0.3 is 84.9 Å². The van der Waals surface area contributed by atoms with Crippen LogP contribution in [0.5, 0.6) is 0 Å². The summed E-state index contributed by atoms with van der Waals surface area (Å²) in [5, 5.41) is 55.6. The third-order valence-corrected chi connectivity index (χ3v) is 11.1. The molecule has 0 bridgehead atoms. The van der Waals surface area contributed by atoms with Gasteiger partial charge in [0.05, 0.1) is 37.3 Å². The van der Waals surface area contributed by atoms with E-state index in [0.717, 1.165) is 4.90 Å². The van der Waals surface area contributed by atoms with E-state index in [4.69, 9.17) is 43.6 Å². The molecule has 0 radical (unpaired) electrons. The van der Waals surface area contributed by atoms with E-state index in [2.05, 4.69) is 16.0 Å². The smallest absolute Gasteiger partial charge is 0.410 e. The van der Waals surface area contributed by atoms with Gasteiger partial charge in [0.2, 0.25) is 6.29 Å².